The van der Waals surface area contributed by atoms with Crippen molar-refractivity contribution < 1.29 is 23.0 Å². The molecule has 0 aromatic carbocycles. The summed E-state index contributed by atoms with van der Waals surface area (Å²) in [7, 11) is 0. The molecule has 0 fully saturated rings. The summed E-state index contributed by atoms with van der Waals surface area (Å²) in [5.41, 5.74) is -0.146. The van der Waals surface area contributed by atoms with Gasteiger partial charge in [0.15, 0.2) is 0 Å². The molecular weight excluding hydrogens is 377 g/mol. The summed E-state index contributed by atoms with van der Waals surface area (Å²) >= 11 is 3.21. The van der Waals surface area contributed by atoms with Gasteiger partial charge in [0.2, 0.25) is 5.88 Å². The molecule has 0 aliphatic rings. The zero-order valence-electron chi connectivity index (χ0n) is 12.0. The molecule has 0 saturated carbocycles. The average molecular weight is 391 g/mol. The van der Waals surface area contributed by atoms with Gasteiger partial charge in [-0.3, -0.25) is 0 Å². The predicted octanol–water partition coefficient (Wildman–Crippen LogP) is 3.76. The molecule has 0 unspecified atom stereocenters. The van der Waals surface area contributed by atoms with E-state index in [2.05, 4.69) is 25.9 Å². The number of aryl methyl sites for hydroxylation is 1. The van der Waals surface area contributed by atoms with E-state index < -0.39 is 11.9 Å². The molecule has 2 rings (SSSR count). The van der Waals surface area contributed by atoms with Crippen molar-refractivity contribution in [1.29, 1.82) is 0 Å². The molecule has 0 atom stereocenters. The van der Waals surface area contributed by atoms with Gasteiger partial charge in [-0.15, -0.1) is 0 Å². The van der Waals surface area contributed by atoms with Crippen molar-refractivity contribution in [2.75, 3.05) is 6.61 Å². The molecule has 0 amide bonds. The molecule has 23 heavy (non-hydrogen) atoms. The van der Waals surface area contributed by atoms with E-state index in [1.165, 1.54) is 6.07 Å². The highest BCUT2D eigenvalue weighted by Gasteiger charge is 2.32. The molecule has 0 bridgehead atoms. The molecule has 0 aliphatic heterocycles. The smallest absolute Gasteiger partial charge is 0.433 e. The lowest BCUT2D eigenvalue weighted by Gasteiger charge is -2.13. The fourth-order valence-electron chi connectivity index (χ4n) is 1.90. The predicted molar refractivity (Wildman–Crippen MR) is 80.9 cm³/mol. The lowest BCUT2D eigenvalue weighted by molar-refractivity contribution is -0.141. The number of aliphatic hydroxyl groups is 1. The zero-order chi connectivity index (χ0) is 16.9. The minimum Gasteiger partial charge on any atom is -0.473 e. The van der Waals surface area contributed by atoms with E-state index in [1.54, 1.807) is 18.2 Å². The van der Waals surface area contributed by atoms with Gasteiger partial charge in [-0.1, -0.05) is 12.1 Å². The van der Waals surface area contributed by atoms with Crippen LogP contribution >= 0.6 is 15.9 Å². The second kappa shape index (κ2) is 7.74. The number of nitrogens with zero attached hydrogens (tertiary/aromatic N) is 2. The van der Waals surface area contributed by atoms with Gasteiger partial charge in [0.1, 0.15) is 16.9 Å². The Morgan fingerprint density at radius 1 is 1.13 bits per heavy atom. The number of rotatable bonds is 6. The van der Waals surface area contributed by atoms with Gasteiger partial charge in [-0.2, -0.15) is 13.2 Å². The molecule has 0 saturated heterocycles. The first-order valence-electron chi connectivity index (χ1n) is 6.82. The summed E-state index contributed by atoms with van der Waals surface area (Å²) in [4.78, 5) is 7.76. The van der Waals surface area contributed by atoms with E-state index in [-0.39, 0.29) is 25.3 Å². The number of halogens is 4. The van der Waals surface area contributed by atoms with Gasteiger partial charge in [-0.05, 0) is 40.9 Å². The van der Waals surface area contributed by atoms with Crippen molar-refractivity contribution in [3.8, 4) is 5.88 Å². The minimum atomic E-state index is -4.50. The highest BCUT2D eigenvalue weighted by Crippen LogP contribution is 2.28. The van der Waals surface area contributed by atoms with Crippen LogP contribution in [0, 0.1) is 0 Å². The van der Waals surface area contributed by atoms with E-state index >= 15 is 0 Å². The van der Waals surface area contributed by atoms with E-state index in [0.717, 1.165) is 6.07 Å². The van der Waals surface area contributed by atoms with Crippen molar-refractivity contribution in [2.45, 2.75) is 25.6 Å². The maximum absolute atomic E-state index is 12.8. The van der Waals surface area contributed by atoms with Crippen molar-refractivity contribution in [1.82, 2.24) is 9.97 Å². The molecule has 8 heteroatoms. The molecule has 124 valence electrons. The van der Waals surface area contributed by atoms with Crippen LogP contribution in [-0.2, 0) is 19.2 Å². The second-order valence-corrected chi connectivity index (χ2v) is 5.53. The van der Waals surface area contributed by atoms with E-state index in [1.807, 2.05) is 0 Å². The molecule has 0 aliphatic carbocycles. The Bertz CT molecular complexity index is 665. The maximum Gasteiger partial charge on any atom is 0.433 e. The third-order valence-electron chi connectivity index (χ3n) is 3.00. The summed E-state index contributed by atoms with van der Waals surface area (Å²) in [6.45, 7) is -0.0687. The lowest BCUT2D eigenvalue weighted by atomic mass is 10.1. The lowest BCUT2D eigenvalue weighted by Crippen LogP contribution is -2.12. The van der Waals surface area contributed by atoms with Crippen LogP contribution in [0.5, 0.6) is 5.88 Å². The first-order valence-corrected chi connectivity index (χ1v) is 7.61. The summed E-state index contributed by atoms with van der Waals surface area (Å²) in [5.74, 6) is 0.354. The van der Waals surface area contributed by atoms with E-state index in [4.69, 9.17) is 9.84 Å². The summed E-state index contributed by atoms with van der Waals surface area (Å²) < 4.78 is 44.4. The summed E-state index contributed by atoms with van der Waals surface area (Å²) in [6, 6.07) is 7.40. The van der Waals surface area contributed by atoms with Gasteiger partial charge >= 0.3 is 6.18 Å². The SMILES string of the molecule is OCCCc1nc(C(F)(F)F)ccc1COc1cccc(Br)n1. The third-order valence-corrected chi connectivity index (χ3v) is 3.44. The Kier molecular flexibility index (Phi) is 5.95. The maximum atomic E-state index is 12.8. The molecule has 2 aromatic rings. The van der Waals surface area contributed by atoms with Crippen molar-refractivity contribution in [3.05, 3.63) is 51.9 Å². The van der Waals surface area contributed by atoms with Gasteiger partial charge in [0.25, 0.3) is 0 Å². The molecule has 4 nitrogen and oxygen atoms in total. The Labute approximate surface area is 139 Å². The topological polar surface area (TPSA) is 55.2 Å². The number of ether oxygens (including phenoxy) is 1. The average Bonchev–Trinajstić information content (AvgIpc) is 2.50. The minimum absolute atomic E-state index is 0.0509. The number of aromatic nitrogens is 2. The highest BCUT2D eigenvalue weighted by atomic mass is 79.9. The Hall–Kier alpha value is -1.67. The normalized spacial score (nSPS) is 11.5. The molecule has 1 N–H and O–H groups in total. The first kappa shape index (κ1) is 17.7. The van der Waals surface area contributed by atoms with E-state index in [9.17, 15) is 13.2 Å². The van der Waals surface area contributed by atoms with Crippen molar-refractivity contribution in [2.24, 2.45) is 0 Å². The van der Waals surface area contributed by atoms with Gasteiger partial charge in [0.05, 0.1) is 0 Å². The van der Waals surface area contributed by atoms with Crippen molar-refractivity contribution in [3.63, 3.8) is 0 Å². The molecule has 2 heterocycles. The summed E-state index contributed by atoms with van der Waals surface area (Å²) in [6.07, 6.45) is -3.93. The van der Waals surface area contributed by atoms with Gasteiger partial charge in [-0.25, -0.2) is 9.97 Å². The Morgan fingerprint density at radius 3 is 2.57 bits per heavy atom. The number of hydrogen-bond donors (Lipinski definition) is 1. The number of alkyl halides is 3. The highest BCUT2D eigenvalue weighted by molar-refractivity contribution is 9.10. The monoisotopic (exact) mass is 390 g/mol. The largest absolute Gasteiger partial charge is 0.473 e. The zero-order valence-corrected chi connectivity index (χ0v) is 13.6. The van der Waals surface area contributed by atoms with E-state index in [0.29, 0.717) is 22.5 Å². The van der Waals surface area contributed by atoms with Gasteiger partial charge in [0, 0.05) is 23.9 Å². The fraction of sp³-hybridized carbons (Fsp3) is 0.333. The molecule has 0 spiro atoms. The van der Waals surface area contributed by atoms with Crippen LogP contribution in [0.15, 0.2) is 34.9 Å². The number of hydrogen-bond acceptors (Lipinski definition) is 4. The molecule has 2 aromatic heterocycles. The fourth-order valence-corrected chi connectivity index (χ4v) is 2.23. The quantitative estimate of drug-likeness (QED) is 0.762. The van der Waals surface area contributed by atoms with Crippen LogP contribution in [0.4, 0.5) is 13.2 Å². The van der Waals surface area contributed by atoms with Crippen molar-refractivity contribution >= 4 is 15.9 Å². The van der Waals surface area contributed by atoms with Crippen LogP contribution in [0.2, 0.25) is 0 Å². The van der Waals surface area contributed by atoms with Crippen LogP contribution in [0.1, 0.15) is 23.4 Å². The van der Waals surface area contributed by atoms with Crippen LogP contribution in [0.25, 0.3) is 0 Å². The number of pyridine rings is 2. The Morgan fingerprint density at radius 2 is 1.91 bits per heavy atom. The van der Waals surface area contributed by atoms with Crippen LogP contribution in [0.3, 0.4) is 0 Å². The third kappa shape index (κ3) is 5.18. The standard InChI is InChI=1S/C15H14BrF3N2O2/c16-13-4-1-5-14(21-13)23-9-10-6-7-12(15(17,18)19)20-11(10)3-2-8-22/h1,4-7,22H,2-3,8-9H2. The molecule has 0 radical (unpaired) electrons. The van der Waals surface area contributed by atoms with Gasteiger partial charge < -0.3 is 9.84 Å². The molecular formula is C15H14BrF3N2O2. The van der Waals surface area contributed by atoms with Crippen LogP contribution < -0.4 is 4.74 Å². The number of aliphatic hydroxyl groups excluding tert-OH is 1. The summed E-state index contributed by atoms with van der Waals surface area (Å²) in [5, 5.41) is 8.89. The second-order valence-electron chi connectivity index (χ2n) is 4.71. The Balaban J connectivity index is 2.19. The van der Waals surface area contributed by atoms with Crippen LogP contribution in [-0.4, -0.2) is 21.7 Å². The first-order chi connectivity index (χ1) is 10.9.